The molecule has 6 heteroatoms. The molecule has 1 heterocycles. The quantitative estimate of drug-likeness (QED) is 0.786. The molecule has 126 valence electrons. The number of carbonyl (C=O) groups is 1. The van der Waals surface area contributed by atoms with Crippen LogP contribution in [0.5, 0.6) is 0 Å². The van der Waals surface area contributed by atoms with Gasteiger partial charge in [-0.25, -0.2) is 0 Å². The highest BCUT2D eigenvalue weighted by atomic mass is 35.5. The van der Waals surface area contributed by atoms with Gasteiger partial charge in [-0.15, -0.1) is 0 Å². The lowest BCUT2D eigenvalue weighted by atomic mass is 9.70. The lowest BCUT2D eigenvalue weighted by Crippen LogP contribution is -2.36. The first-order valence-corrected chi connectivity index (χ1v) is 8.47. The van der Waals surface area contributed by atoms with Crippen molar-refractivity contribution < 1.29 is 9.53 Å². The van der Waals surface area contributed by atoms with Gasteiger partial charge in [-0.3, -0.25) is 4.79 Å². The summed E-state index contributed by atoms with van der Waals surface area (Å²) in [5.41, 5.74) is 13.8. The number of carbonyl (C=O) groups excluding carboxylic acids is 1. The first kappa shape index (κ1) is 17.0. The molecule has 3 rings (SSSR count). The van der Waals surface area contributed by atoms with E-state index < -0.39 is 5.92 Å². The van der Waals surface area contributed by atoms with Gasteiger partial charge in [0.25, 0.3) is 0 Å². The Morgan fingerprint density at radius 3 is 2.50 bits per heavy atom. The van der Waals surface area contributed by atoms with Crippen LogP contribution in [0.2, 0.25) is 5.02 Å². The molecular formula is C18H19ClN2O2S. The van der Waals surface area contributed by atoms with E-state index >= 15 is 0 Å². The van der Waals surface area contributed by atoms with E-state index in [1.165, 1.54) is 0 Å². The maximum atomic E-state index is 12.9. The second-order valence-electron chi connectivity index (χ2n) is 7.01. The summed E-state index contributed by atoms with van der Waals surface area (Å²) in [4.78, 5) is 13.0. The second-order valence-corrected chi connectivity index (χ2v) is 7.88. The van der Waals surface area contributed by atoms with Gasteiger partial charge in [-0.1, -0.05) is 49.8 Å². The van der Waals surface area contributed by atoms with Gasteiger partial charge in [-0.2, -0.15) is 0 Å². The molecule has 1 aliphatic heterocycles. The average molecular weight is 363 g/mol. The highest BCUT2D eigenvalue weighted by molar-refractivity contribution is 7.80. The van der Waals surface area contributed by atoms with Gasteiger partial charge in [0, 0.05) is 29.4 Å². The minimum atomic E-state index is -0.410. The zero-order chi connectivity index (χ0) is 17.6. The topological polar surface area (TPSA) is 78.3 Å². The molecule has 0 saturated heterocycles. The van der Waals surface area contributed by atoms with Gasteiger partial charge in [0.05, 0.1) is 5.57 Å². The van der Waals surface area contributed by atoms with E-state index in [0.717, 1.165) is 5.56 Å². The molecule has 0 amide bonds. The summed E-state index contributed by atoms with van der Waals surface area (Å²) in [6, 6.07) is 7.28. The first-order valence-electron chi connectivity index (χ1n) is 7.68. The molecule has 4 N–H and O–H groups in total. The predicted octanol–water partition coefficient (Wildman–Crippen LogP) is 3.55. The van der Waals surface area contributed by atoms with E-state index in [2.05, 4.69) is 0 Å². The van der Waals surface area contributed by atoms with Gasteiger partial charge in [0.1, 0.15) is 10.7 Å². The number of allylic oxidation sites excluding steroid dienone is 2. The van der Waals surface area contributed by atoms with Crippen LogP contribution in [-0.4, -0.2) is 10.8 Å². The van der Waals surface area contributed by atoms with Crippen molar-refractivity contribution in [2.24, 2.45) is 16.9 Å². The standard InChI is InChI=1S/C18H19ClN2O2S/c1-18(2)7-11(22)14-12(8-18)23-16(20)15(17(21)24)13(14)9-3-5-10(19)6-4-9/h3-6,13H,7-8,20H2,1-2H3,(H2,21,24)/t13-/m1/s1. The summed E-state index contributed by atoms with van der Waals surface area (Å²) in [6.45, 7) is 4.08. The van der Waals surface area contributed by atoms with Crippen LogP contribution in [0.4, 0.5) is 0 Å². The van der Waals surface area contributed by atoms with Crippen LogP contribution in [0.1, 0.15) is 38.2 Å². The minimum Gasteiger partial charge on any atom is -0.445 e. The molecule has 2 aliphatic rings. The fraction of sp³-hybridized carbons (Fsp3) is 0.333. The molecule has 4 nitrogen and oxygen atoms in total. The summed E-state index contributed by atoms with van der Waals surface area (Å²) in [6.07, 6.45) is 1.09. The molecule has 0 bridgehead atoms. The van der Waals surface area contributed by atoms with E-state index in [-0.39, 0.29) is 22.1 Å². The molecule has 1 aliphatic carbocycles. The van der Waals surface area contributed by atoms with Gasteiger partial charge < -0.3 is 16.2 Å². The van der Waals surface area contributed by atoms with Crippen LogP contribution >= 0.6 is 23.8 Å². The number of rotatable bonds is 2. The fourth-order valence-corrected chi connectivity index (χ4v) is 3.76. The van der Waals surface area contributed by atoms with Gasteiger partial charge in [0.15, 0.2) is 11.7 Å². The van der Waals surface area contributed by atoms with Gasteiger partial charge in [-0.05, 0) is 23.1 Å². The highest BCUT2D eigenvalue weighted by Crippen LogP contribution is 2.48. The molecule has 1 aromatic rings. The van der Waals surface area contributed by atoms with Crippen LogP contribution in [-0.2, 0) is 9.53 Å². The molecule has 24 heavy (non-hydrogen) atoms. The Morgan fingerprint density at radius 2 is 1.92 bits per heavy atom. The van der Waals surface area contributed by atoms with E-state index in [0.29, 0.717) is 34.8 Å². The molecule has 0 fully saturated rings. The molecule has 1 atom stereocenters. The number of nitrogens with two attached hydrogens (primary N) is 2. The zero-order valence-corrected chi connectivity index (χ0v) is 15.1. The SMILES string of the molecule is CC1(C)CC(=O)C2=C(C1)OC(N)=C(C(N)=S)[C@@H]2c1ccc(Cl)cc1. The third-order valence-corrected chi connectivity index (χ3v) is 4.90. The number of halogens is 1. The number of hydrogen-bond acceptors (Lipinski definition) is 4. The van der Waals surface area contributed by atoms with Crippen molar-refractivity contribution in [3.8, 4) is 0 Å². The smallest absolute Gasteiger partial charge is 0.197 e. The number of Topliss-reactive ketones (excluding diaryl/α,β-unsaturated/α-hetero) is 1. The first-order chi connectivity index (χ1) is 11.2. The summed E-state index contributed by atoms with van der Waals surface area (Å²) >= 11 is 11.2. The summed E-state index contributed by atoms with van der Waals surface area (Å²) in [5, 5.41) is 0.616. The Kier molecular flexibility index (Phi) is 4.18. The van der Waals surface area contributed by atoms with E-state index in [9.17, 15) is 4.79 Å². The second kappa shape index (κ2) is 5.90. The number of benzene rings is 1. The van der Waals surface area contributed by atoms with Crippen LogP contribution in [0.25, 0.3) is 0 Å². The third kappa shape index (κ3) is 2.94. The number of ether oxygens (including phenoxy) is 1. The summed E-state index contributed by atoms with van der Waals surface area (Å²) in [7, 11) is 0. The minimum absolute atomic E-state index is 0.0439. The lowest BCUT2D eigenvalue weighted by Gasteiger charge is -2.38. The average Bonchev–Trinajstić information content (AvgIpc) is 2.44. The van der Waals surface area contributed by atoms with Crippen molar-refractivity contribution in [1.29, 1.82) is 0 Å². The van der Waals surface area contributed by atoms with Crippen molar-refractivity contribution in [2.75, 3.05) is 0 Å². The Morgan fingerprint density at radius 1 is 1.29 bits per heavy atom. The van der Waals surface area contributed by atoms with E-state index in [1.54, 1.807) is 12.1 Å². The molecule has 0 spiro atoms. The molecular weight excluding hydrogens is 344 g/mol. The molecule has 0 aromatic heterocycles. The Balaban J connectivity index is 2.19. The van der Waals surface area contributed by atoms with Crippen molar-refractivity contribution in [3.05, 3.63) is 57.6 Å². The lowest BCUT2D eigenvalue weighted by molar-refractivity contribution is -0.119. The predicted molar refractivity (Wildman–Crippen MR) is 98.3 cm³/mol. The van der Waals surface area contributed by atoms with Crippen LogP contribution in [0.15, 0.2) is 47.1 Å². The van der Waals surface area contributed by atoms with E-state index in [1.807, 2.05) is 26.0 Å². The highest BCUT2D eigenvalue weighted by Gasteiger charge is 2.43. The maximum absolute atomic E-state index is 12.9. The van der Waals surface area contributed by atoms with Crippen LogP contribution in [0.3, 0.4) is 0 Å². The van der Waals surface area contributed by atoms with Gasteiger partial charge in [0.2, 0.25) is 0 Å². The zero-order valence-electron chi connectivity index (χ0n) is 13.6. The summed E-state index contributed by atoms with van der Waals surface area (Å²) < 4.78 is 5.77. The normalized spacial score (nSPS) is 23.0. The molecule has 0 radical (unpaired) electrons. The van der Waals surface area contributed by atoms with Crippen LogP contribution < -0.4 is 11.5 Å². The number of hydrogen-bond donors (Lipinski definition) is 2. The van der Waals surface area contributed by atoms with Crippen molar-refractivity contribution in [3.63, 3.8) is 0 Å². The Hall–Kier alpha value is -1.85. The van der Waals surface area contributed by atoms with Crippen molar-refractivity contribution >= 4 is 34.6 Å². The number of thiocarbonyl (C=S) groups is 1. The largest absolute Gasteiger partial charge is 0.445 e. The fourth-order valence-electron chi connectivity index (χ4n) is 3.42. The molecule has 0 unspecified atom stereocenters. The Labute approximate surface area is 151 Å². The van der Waals surface area contributed by atoms with Crippen molar-refractivity contribution in [2.45, 2.75) is 32.6 Å². The monoisotopic (exact) mass is 362 g/mol. The van der Waals surface area contributed by atoms with E-state index in [4.69, 9.17) is 40.0 Å². The number of ketones is 1. The molecule has 1 aromatic carbocycles. The van der Waals surface area contributed by atoms with Gasteiger partial charge >= 0.3 is 0 Å². The molecule has 0 saturated carbocycles. The third-order valence-electron chi connectivity index (χ3n) is 4.42. The van der Waals surface area contributed by atoms with Crippen LogP contribution in [0, 0.1) is 5.41 Å². The Bertz CT molecular complexity index is 794. The summed E-state index contributed by atoms with van der Waals surface area (Å²) in [5.74, 6) is 0.426. The van der Waals surface area contributed by atoms with Crippen molar-refractivity contribution in [1.82, 2.24) is 0 Å². The maximum Gasteiger partial charge on any atom is 0.197 e.